The molecule has 1 fully saturated rings. The first-order chi connectivity index (χ1) is 3.80. The lowest BCUT2D eigenvalue weighted by atomic mass is 10.8. The van der Waals surface area contributed by atoms with E-state index in [2.05, 4.69) is 5.32 Å². The fourth-order valence-corrected chi connectivity index (χ4v) is 2.34. The Morgan fingerprint density at radius 2 is 2.62 bits per heavy atom. The van der Waals surface area contributed by atoms with Crippen LogP contribution in [-0.4, -0.2) is 21.2 Å². The van der Waals surface area contributed by atoms with Crippen molar-refractivity contribution in [1.29, 1.82) is 0 Å². The molecular weight excluding hydrogens is 144 g/mol. The topological polar surface area (TPSA) is 55.1 Å². The number of hydrogen-bond acceptors (Lipinski definition) is 3. The van der Waals surface area contributed by atoms with Gasteiger partial charge in [0.05, 0.1) is 0 Å². The van der Waals surface area contributed by atoms with E-state index < -0.39 is 11.0 Å². The summed E-state index contributed by atoms with van der Waals surface area (Å²) < 4.78 is 10.4. The van der Waals surface area contributed by atoms with Gasteiger partial charge < -0.3 is 0 Å². The molecular formula is C3H8N2OS2. The molecule has 0 spiro atoms. The molecule has 2 unspecified atom stereocenters. The highest BCUT2D eigenvalue weighted by atomic mass is 32.2. The molecule has 0 amide bonds. The molecule has 5 heteroatoms. The zero-order valence-corrected chi connectivity index (χ0v) is 5.93. The maximum atomic E-state index is 10.5. The third kappa shape index (κ3) is 1.45. The van der Waals surface area contributed by atoms with E-state index in [1.54, 1.807) is 11.8 Å². The molecule has 0 aromatic rings. The van der Waals surface area contributed by atoms with Crippen LogP contribution in [0.4, 0.5) is 0 Å². The van der Waals surface area contributed by atoms with Gasteiger partial charge in [-0.15, -0.1) is 11.8 Å². The van der Waals surface area contributed by atoms with E-state index in [-0.39, 0.29) is 4.71 Å². The van der Waals surface area contributed by atoms with E-state index in [0.29, 0.717) is 0 Å². The largest absolute Gasteiger partial charge is 0.293 e. The van der Waals surface area contributed by atoms with Crippen molar-refractivity contribution < 1.29 is 4.21 Å². The average Bonchev–Trinajstić information content (AvgIpc) is 2.12. The molecule has 8 heavy (non-hydrogen) atoms. The van der Waals surface area contributed by atoms with Gasteiger partial charge in [-0.25, -0.2) is 9.35 Å². The highest BCUT2D eigenvalue weighted by molar-refractivity contribution is 8.10. The van der Waals surface area contributed by atoms with Gasteiger partial charge in [0, 0.05) is 12.3 Å². The van der Waals surface area contributed by atoms with Gasteiger partial charge in [-0.3, -0.25) is 5.32 Å². The van der Waals surface area contributed by atoms with Crippen molar-refractivity contribution in [1.82, 2.24) is 5.32 Å². The number of nitrogens with two attached hydrogens (primary N) is 1. The smallest absolute Gasteiger partial charge is 0.145 e. The molecule has 1 aliphatic heterocycles. The van der Waals surface area contributed by atoms with Crippen LogP contribution in [0.25, 0.3) is 0 Å². The van der Waals surface area contributed by atoms with Gasteiger partial charge in [-0.05, 0) is 0 Å². The maximum absolute atomic E-state index is 10.5. The molecule has 48 valence electrons. The minimum atomic E-state index is -1.19. The Morgan fingerprint density at radius 1 is 1.88 bits per heavy atom. The van der Waals surface area contributed by atoms with Gasteiger partial charge in [-0.2, -0.15) is 0 Å². The highest BCUT2D eigenvalue weighted by Gasteiger charge is 2.17. The van der Waals surface area contributed by atoms with Crippen LogP contribution < -0.4 is 10.5 Å². The molecule has 1 heterocycles. The summed E-state index contributed by atoms with van der Waals surface area (Å²) in [6.45, 7) is 0.929. The first kappa shape index (κ1) is 6.54. The Morgan fingerprint density at radius 3 is 2.88 bits per heavy atom. The first-order valence-electron chi connectivity index (χ1n) is 2.30. The number of hydrogen-bond donors (Lipinski definition) is 2. The van der Waals surface area contributed by atoms with Crippen LogP contribution in [0, 0.1) is 0 Å². The van der Waals surface area contributed by atoms with Crippen LogP contribution in [0.3, 0.4) is 0 Å². The minimum Gasteiger partial charge on any atom is -0.293 e. The summed E-state index contributed by atoms with van der Waals surface area (Å²) in [4.78, 5) is 0. The normalized spacial score (nSPS) is 32.9. The van der Waals surface area contributed by atoms with Crippen LogP contribution >= 0.6 is 11.8 Å². The minimum absolute atomic E-state index is 0.0185. The number of rotatable bonds is 1. The van der Waals surface area contributed by atoms with Crippen LogP contribution in [0.15, 0.2) is 0 Å². The zero-order chi connectivity index (χ0) is 5.98. The molecule has 0 aliphatic carbocycles. The fraction of sp³-hybridized carbons (Fsp3) is 1.00. The van der Waals surface area contributed by atoms with E-state index in [1.807, 2.05) is 0 Å². The molecule has 3 N–H and O–H groups in total. The van der Waals surface area contributed by atoms with Crippen molar-refractivity contribution >= 4 is 22.7 Å². The van der Waals surface area contributed by atoms with Crippen molar-refractivity contribution in [3.8, 4) is 0 Å². The van der Waals surface area contributed by atoms with Crippen molar-refractivity contribution in [3.05, 3.63) is 0 Å². The standard InChI is InChI=1S/C3H8N2OS2/c4-8(6)3-5-1-2-7-3/h3,5H,1-2,4H2. The molecule has 2 atom stereocenters. The van der Waals surface area contributed by atoms with Crippen molar-refractivity contribution in [2.75, 3.05) is 12.3 Å². The molecule has 0 radical (unpaired) electrons. The molecule has 1 aliphatic rings. The van der Waals surface area contributed by atoms with Gasteiger partial charge in [0.1, 0.15) is 15.7 Å². The lowest BCUT2D eigenvalue weighted by Crippen LogP contribution is -2.28. The summed E-state index contributed by atoms with van der Waals surface area (Å²) in [6, 6.07) is 0. The molecule has 0 bridgehead atoms. The van der Waals surface area contributed by atoms with Crippen molar-refractivity contribution in [2.45, 2.75) is 4.71 Å². The summed E-state index contributed by atoms with van der Waals surface area (Å²) in [5, 5.41) is 8.08. The summed E-state index contributed by atoms with van der Waals surface area (Å²) >= 11 is 1.61. The van der Waals surface area contributed by atoms with Crippen LogP contribution in [0.1, 0.15) is 0 Å². The Kier molecular flexibility index (Phi) is 2.30. The first-order valence-corrected chi connectivity index (χ1v) is 4.63. The molecule has 1 saturated heterocycles. The van der Waals surface area contributed by atoms with E-state index in [0.717, 1.165) is 12.3 Å². The lowest BCUT2D eigenvalue weighted by molar-refractivity contribution is 0.675. The second-order valence-corrected chi connectivity index (χ2v) is 4.13. The third-order valence-electron chi connectivity index (χ3n) is 0.893. The predicted molar refractivity (Wildman–Crippen MR) is 36.6 cm³/mol. The predicted octanol–water partition coefficient (Wildman–Crippen LogP) is -0.771. The SMILES string of the molecule is NS(=O)C1NCCS1. The van der Waals surface area contributed by atoms with Crippen LogP contribution in [0.5, 0.6) is 0 Å². The van der Waals surface area contributed by atoms with E-state index in [9.17, 15) is 4.21 Å². The maximum Gasteiger partial charge on any atom is 0.145 e. The quantitative estimate of drug-likeness (QED) is 0.519. The van der Waals surface area contributed by atoms with Crippen molar-refractivity contribution in [2.24, 2.45) is 5.14 Å². The van der Waals surface area contributed by atoms with Gasteiger partial charge in [0.2, 0.25) is 0 Å². The Balaban J connectivity index is 2.35. The fourth-order valence-electron chi connectivity index (χ4n) is 0.551. The van der Waals surface area contributed by atoms with Crippen LogP contribution in [0.2, 0.25) is 0 Å². The third-order valence-corrected chi connectivity index (χ3v) is 3.37. The average molecular weight is 152 g/mol. The summed E-state index contributed by atoms with van der Waals surface area (Å²) in [7, 11) is -1.19. The summed E-state index contributed by atoms with van der Waals surface area (Å²) in [6.07, 6.45) is 0. The van der Waals surface area contributed by atoms with Gasteiger partial charge in [-0.1, -0.05) is 0 Å². The molecule has 3 nitrogen and oxygen atoms in total. The Bertz CT molecular complexity index is 101. The Labute approximate surface area is 55.0 Å². The molecule has 1 rings (SSSR count). The van der Waals surface area contributed by atoms with Gasteiger partial charge >= 0.3 is 0 Å². The zero-order valence-electron chi connectivity index (χ0n) is 4.29. The second kappa shape index (κ2) is 2.82. The summed E-state index contributed by atoms with van der Waals surface area (Å²) in [5.74, 6) is 1.02. The van der Waals surface area contributed by atoms with Gasteiger partial charge in [0.15, 0.2) is 0 Å². The summed E-state index contributed by atoms with van der Waals surface area (Å²) in [5.41, 5.74) is 0. The van der Waals surface area contributed by atoms with Crippen molar-refractivity contribution in [3.63, 3.8) is 0 Å². The highest BCUT2D eigenvalue weighted by Crippen LogP contribution is 2.13. The number of thioether (sulfide) groups is 1. The monoisotopic (exact) mass is 152 g/mol. The van der Waals surface area contributed by atoms with Gasteiger partial charge in [0.25, 0.3) is 0 Å². The van der Waals surface area contributed by atoms with E-state index in [1.165, 1.54) is 0 Å². The van der Waals surface area contributed by atoms with E-state index >= 15 is 0 Å². The molecule has 0 saturated carbocycles. The van der Waals surface area contributed by atoms with Crippen LogP contribution in [-0.2, 0) is 11.0 Å². The Hall–Kier alpha value is 0.420. The lowest BCUT2D eigenvalue weighted by Gasteiger charge is -2.01. The molecule has 0 aromatic carbocycles. The molecule has 0 aromatic heterocycles. The number of nitrogens with one attached hydrogen (secondary N) is 1. The second-order valence-electron chi connectivity index (χ2n) is 1.49. The van der Waals surface area contributed by atoms with E-state index in [4.69, 9.17) is 5.14 Å².